The normalized spacial score (nSPS) is 12.5. The van der Waals surface area contributed by atoms with Gasteiger partial charge >= 0.3 is 0 Å². The lowest BCUT2D eigenvalue weighted by atomic mass is 9.98. The predicted molar refractivity (Wildman–Crippen MR) is 56.7 cm³/mol. The van der Waals surface area contributed by atoms with Crippen molar-refractivity contribution >= 4 is 11.6 Å². The van der Waals surface area contributed by atoms with E-state index in [2.05, 4.69) is 13.0 Å². The molecule has 0 heterocycles. The van der Waals surface area contributed by atoms with Crippen molar-refractivity contribution in [1.29, 1.82) is 0 Å². The summed E-state index contributed by atoms with van der Waals surface area (Å²) in [7, 11) is 1.69. The standard InChI is InChI=1S/C11H15ClO/c1-3-9(8-12)10-6-4-5-7-11(10)13-2/h4-7,9H,3,8H2,1-2H3. The summed E-state index contributed by atoms with van der Waals surface area (Å²) in [5, 5.41) is 0. The van der Waals surface area contributed by atoms with Crippen molar-refractivity contribution in [2.75, 3.05) is 13.0 Å². The molecule has 0 aliphatic heterocycles. The molecule has 1 aromatic rings. The number of hydrogen-bond acceptors (Lipinski definition) is 1. The average Bonchev–Trinajstić information content (AvgIpc) is 2.20. The first-order chi connectivity index (χ1) is 6.33. The van der Waals surface area contributed by atoms with Crippen LogP contribution in [0.15, 0.2) is 24.3 Å². The fraction of sp³-hybridized carbons (Fsp3) is 0.455. The van der Waals surface area contributed by atoms with Crippen molar-refractivity contribution < 1.29 is 4.74 Å². The predicted octanol–water partition coefficient (Wildman–Crippen LogP) is 3.43. The third-order valence-corrected chi connectivity index (χ3v) is 2.63. The first kappa shape index (κ1) is 10.4. The summed E-state index contributed by atoms with van der Waals surface area (Å²) in [4.78, 5) is 0. The maximum Gasteiger partial charge on any atom is 0.122 e. The number of para-hydroxylation sites is 1. The number of halogens is 1. The minimum absolute atomic E-state index is 0.401. The van der Waals surface area contributed by atoms with Crippen LogP contribution >= 0.6 is 11.6 Å². The zero-order valence-corrected chi connectivity index (χ0v) is 8.84. The van der Waals surface area contributed by atoms with Crippen LogP contribution in [0.1, 0.15) is 24.8 Å². The molecule has 1 aromatic carbocycles. The summed E-state index contributed by atoms with van der Waals surface area (Å²) in [5.74, 6) is 1.99. The second-order valence-corrected chi connectivity index (χ2v) is 3.31. The number of benzene rings is 1. The first-order valence-electron chi connectivity index (χ1n) is 4.52. The van der Waals surface area contributed by atoms with Crippen LogP contribution in [0, 0.1) is 0 Å². The van der Waals surface area contributed by atoms with Gasteiger partial charge in [-0.3, -0.25) is 0 Å². The van der Waals surface area contributed by atoms with Gasteiger partial charge in [-0.25, -0.2) is 0 Å². The largest absolute Gasteiger partial charge is 0.496 e. The Morgan fingerprint density at radius 1 is 1.38 bits per heavy atom. The highest BCUT2D eigenvalue weighted by atomic mass is 35.5. The fourth-order valence-electron chi connectivity index (χ4n) is 1.42. The Balaban J connectivity index is 2.96. The number of hydrogen-bond donors (Lipinski definition) is 0. The van der Waals surface area contributed by atoms with E-state index in [4.69, 9.17) is 16.3 Å². The second-order valence-electron chi connectivity index (χ2n) is 3.00. The Kier molecular flexibility index (Phi) is 4.10. The molecule has 0 aromatic heterocycles. The number of methoxy groups -OCH3 is 1. The van der Waals surface area contributed by atoms with Crippen molar-refractivity contribution in [1.82, 2.24) is 0 Å². The molecule has 0 amide bonds. The Bertz CT molecular complexity index is 256. The third kappa shape index (κ3) is 2.38. The molecular formula is C11H15ClO. The van der Waals surface area contributed by atoms with Crippen LogP contribution in [0.2, 0.25) is 0 Å². The van der Waals surface area contributed by atoms with E-state index in [1.54, 1.807) is 7.11 Å². The molecule has 0 fully saturated rings. The molecule has 1 unspecified atom stereocenters. The quantitative estimate of drug-likeness (QED) is 0.674. The zero-order valence-electron chi connectivity index (χ0n) is 8.09. The highest BCUT2D eigenvalue weighted by Crippen LogP contribution is 2.29. The molecule has 13 heavy (non-hydrogen) atoms. The van der Waals surface area contributed by atoms with Crippen LogP contribution in [0.25, 0.3) is 0 Å². The Hall–Kier alpha value is -0.690. The topological polar surface area (TPSA) is 9.23 Å². The van der Waals surface area contributed by atoms with Gasteiger partial charge in [0.05, 0.1) is 7.11 Å². The van der Waals surface area contributed by atoms with Gasteiger partial charge in [-0.05, 0) is 18.1 Å². The van der Waals surface area contributed by atoms with Gasteiger partial charge in [0.15, 0.2) is 0 Å². The maximum atomic E-state index is 5.88. The summed E-state index contributed by atoms with van der Waals surface area (Å²) < 4.78 is 5.27. The molecule has 0 spiro atoms. The molecule has 1 rings (SSSR count). The van der Waals surface area contributed by atoms with Gasteiger partial charge in [0, 0.05) is 11.8 Å². The van der Waals surface area contributed by atoms with Crippen molar-refractivity contribution in [3.05, 3.63) is 29.8 Å². The van der Waals surface area contributed by atoms with Crippen molar-refractivity contribution in [2.45, 2.75) is 19.3 Å². The van der Waals surface area contributed by atoms with Crippen molar-refractivity contribution in [2.24, 2.45) is 0 Å². The van der Waals surface area contributed by atoms with Gasteiger partial charge in [-0.1, -0.05) is 25.1 Å². The molecule has 2 heteroatoms. The molecule has 0 saturated carbocycles. The highest BCUT2D eigenvalue weighted by Gasteiger charge is 2.11. The number of rotatable bonds is 4. The van der Waals surface area contributed by atoms with Crippen LogP contribution in [0.4, 0.5) is 0 Å². The maximum absolute atomic E-state index is 5.88. The molecule has 0 aliphatic rings. The van der Waals surface area contributed by atoms with Gasteiger partial charge in [0.25, 0.3) is 0 Å². The first-order valence-corrected chi connectivity index (χ1v) is 5.05. The Morgan fingerprint density at radius 2 is 2.08 bits per heavy atom. The van der Waals surface area contributed by atoms with Crippen molar-refractivity contribution in [3.8, 4) is 5.75 Å². The summed E-state index contributed by atoms with van der Waals surface area (Å²) in [6, 6.07) is 8.05. The molecule has 0 bridgehead atoms. The van der Waals surface area contributed by atoms with E-state index < -0.39 is 0 Å². The van der Waals surface area contributed by atoms with Crippen LogP contribution in [0.3, 0.4) is 0 Å². The van der Waals surface area contributed by atoms with Crippen LogP contribution < -0.4 is 4.74 Å². The van der Waals surface area contributed by atoms with E-state index in [0.29, 0.717) is 11.8 Å². The molecule has 0 saturated heterocycles. The van der Waals surface area contributed by atoms with E-state index >= 15 is 0 Å². The fourth-order valence-corrected chi connectivity index (χ4v) is 1.80. The van der Waals surface area contributed by atoms with E-state index in [1.165, 1.54) is 5.56 Å². The van der Waals surface area contributed by atoms with Gasteiger partial charge < -0.3 is 4.74 Å². The second kappa shape index (κ2) is 5.13. The summed E-state index contributed by atoms with van der Waals surface area (Å²) in [6.45, 7) is 2.14. The van der Waals surface area contributed by atoms with Crippen LogP contribution in [-0.2, 0) is 0 Å². The van der Waals surface area contributed by atoms with Crippen molar-refractivity contribution in [3.63, 3.8) is 0 Å². The SMILES string of the molecule is CCC(CCl)c1ccccc1OC. The monoisotopic (exact) mass is 198 g/mol. The lowest BCUT2D eigenvalue weighted by molar-refractivity contribution is 0.406. The van der Waals surface area contributed by atoms with Gasteiger partial charge in [-0.2, -0.15) is 0 Å². The Labute approximate surface area is 84.7 Å². The molecule has 0 aliphatic carbocycles. The summed E-state index contributed by atoms with van der Waals surface area (Å²) in [5.41, 5.74) is 1.21. The van der Waals surface area contributed by atoms with E-state index in [9.17, 15) is 0 Å². The average molecular weight is 199 g/mol. The molecular weight excluding hydrogens is 184 g/mol. The van der Waals surface area contributed by atoms with E-state index in [1.807, 2.05) is 18.2 Å². The van der Waals surface area contributed by atoms with Gasteiger partial charge in [0.2, 0.25) is 0 Å². The minimum atomic E-state index is 0.401. The van der Waals surface area contributed by atoms with E-state index in [0.717, 1.165) is 12.2 Å². The minimum Gasteiger partial charge on any atom is -0.496 e. The number of alkyl halides is 1. The van der Waals surface area contributed by atoms with Crippen LogP contribution in [0.5, 0.6) is 5.75 Å². The number of ether oxygens (including phenoxy) is 1. The zero-order chi connectivity index (χ0) is 9.68. The van der Waals surface area contributed by atoms with Crippen LogP contribution in [-0.4, -0.2) is 13.0 Å². The highest BCUT2D eigenvalue weighted by molar-refractivity contribution is 6.18. The molecule has 0 N–H and O–H groups in total. The molecule has 1 atom stereocenters. The Morgan fingerprint density at radius 3 is 2.62 bits per heavy atom. The third-order valence-electron chi connectivity index (χ3n) is 2.26. The lowest BCUT2D eigenvalue weighted by Gasteiger charge is -2.15. The summed E-state index contributed by atoms with van der Waals surface area (Å²) in [6.07, 6.45) is 1.05. The smallest absolute Gasteiger partial charge is 0.122 e. The summed E-state index contributed by atoms with van der Waals surface area (Å²) >= 11 is 5.88. The van der Waals surface area contributed by atoms with Gasteiger partial charge in [-0.15, -0.1) is 11.6 Å². The molecule has 1 nitrogen and oxygen atoms in total. The molecule has 72 valence electrons. The lowest BCUT2D eigenvalue weighted by Crippen LogP contribution is -2.01. The van der Waals surface area contributed by atoms with E-state index in [-0.39, 0.29) is 0 Å². The van der Waals surface area contributed by atoms with Gasteiger partial charge in [0.1, 0.15) is 5.75 Å². The molecule has 0 radical (unpaired) electrons.